The van der Waals surface area contributed by atoms with Crippen LogP contribution in [-0.4, -0.2) is 68.5 Å². The molecule has 2 heterocycles. The number of furan rings is 1. The molecule has 1 atom stereocenters. The lowest BCUT2D eigenvalue weighted by molar-refractivity contribution is 0.0193. The van der Waals surface area contributed by atoms with Gasteiger partial charge in [0.1, 0.15) is 11.4 Å². The van der Waals surface area contributed by atoms with Crippen molar-refractivity contribution in [2.45, 2.75) is 51.7 Å². The number of nitrogens with zero attached hydrogens (tertiary/aromatic N) is 2. The van der Waals surface area contributed by atoms with Crippen molar-refractivity contribution >= 4 is 12.1 Å². The first-order valence-electron chi connectivity index (χ1n) is 9.91. The molecule has 0 bridgehead atoms. The summed E-state index contributed by atoms with van der Waals surface area (Å²) in [4.78, 5) is 18.7. The number of piperidine rings is 1. The van der Waals surface area contributed by atoms with E-state index in [1.54, 1.807) is 18.3 Å². The molecular formula is C20H34N4O4. The summed E-state index contributed by atoms with van der Waals surface area (Å²) in [5, 5.41) is 6.78. The first kappa shape index (κ1) is 22.1. The lowest BCUT2D eigenvalue weighted by Crippen LogP contribution is -2.53. The fourth-order valence-corrected chi connectivity index (χ4v) is 2.94. The Morgan fingerprint density at radius 2 is 2.25 bits per heavy atom. The van der Waals surface area contributed by atoms with E-state index < -0.39 is 5.60 Å². The number of amides is 1. The standard InChI is InChI=1S/C20H34N4O4/c1-20(2,3)28-19(25)24-12-5-7-16(15-24)23-18(22-11-14-26-4)21-10-9-17-8-6-13-27-17/h6,8,13,16H,5,7,9-12,14-15H2,1-4H3,(H2,21,22,23). The minimum Gasteiger partial charge on any atom is -0.469 e. The maximum absolute atomic E-state index is 12.4. The Balaban J connectivity index is 1.88. The number of carbonyl (C=O) groups excluding carboxylic acids is 1. The van der Waals surface area contributed by atoms with E-state index in [1.165, 1.54) is 0 Å². The molecule has 1 aliphatic heterocycles. The predicted octanol–water partition coefficient (Wildman–Crippen LogP) is 2.40. The van der Waals surface area contributed by atoms with Crippen molar-refractivity contribution in [3.63, 3.8) is 0 Å². The van der Waals surface area contributed by atoms with E-state index in [0.29, 0.717) is 26.2 Å². The van der Waals surface area contributed by atoms with Gasteiger partial charge in [-0.2, -0.15) is 0 Å². The van der Waals surface area contributed by atoms with E-state index in [4.69, 9.17) is 13.9 Å². The summed E-state index contributed by atoms with van der Waals surface area (Å²) in [6.45, 7) is 8.78. The number of rotatable bonds is 7. The van der Waals surface area contributed by atoms with Gasteiger partial charge in [0, 0.05) is 39.2 Å². The van der Waals surface area contributed by atoms with Gasteiger partial charge < -0.3 is 29.4 Å². The average molecular weight is 395 g/mol. The van der Waals surface area contributed by atoms with Gasteiger partial charge in [-0.3, -0.25) is 4.99 Å². The summed E-state index contributed by atoms with van der Waals surface area (Å²) >= 11 is 0. The monoisotopic (exact) mass is 394 g/mol. The smallest absolute Gasteiger partial charge is 0.410 e. The highest BCUT2D eigenvalue weighted by Crippen LogP contribution is 2.15. The first-order chi connectivity index (χ1) is 13.4. The first-order valence-corrected chi connectivity index (χ1v) is 9.91. The van der Waals surface area contributed by atoms with E-state index in [0.717, 1.165) is 37.5 Å². The molecule has 2 N–H and O–H groups in total. The van der Waals surface area contributed by atoms with Gasteiger partial charge >= 0.3 is 6.09 Å². The van der Waals surface area contributed by atoms with Crippen LogP contribution in [0.2, 0.25) is 0 Å². The van der Waals surface area contributed by atoms with Gasteiger partial charge in [0.25, 0.3) is 0 Å². The van der Waals surface area contributed by atoms with Gasteiger partial charge in [0.05, 0.1) is 19.4 Å². The number of ether oxygens (including phenoxy) is 2. The Morgan fingerprint density at radius 1 is 1.43 bits per heavy atom. The zero-order chi connectivity index (χ0) is 20.4. The Kier molecular flexibility index (Phi) is 8.63. The summed E-state index contributed by atoms with van der Waals surface area (Å²) in [6, 6.07) is 3.96. The summed E-state index contributed by atoms with van der Waals surface area (Å²) in [5.74, 6) is 1.65. The molecule has 158 valence electrons. The molecule has 8 nitrogen and oxygen atoms in total. The van der Waals surface area contributed by atoms with Crippen LogP contribution < -0.4 is 10.6 Å². The van der Waals surface area contributed by atoms with Crippen LogP contribution in [0.25, 0.3) is 0 Å². The van der Waals surface area contributed by atoms with E-state index >= 15 is 0 Å². The summed E-state index contributed by atoms with van der Waals surface area (Å²) in [5.41, 5.74) is -0.488. The van der Waals surface area contributed by atoms with Crippen LogP contribution in [0.1, 0.15) is 39.4 Å². The van der Waals surface area contributed by atoms with Gasteiger partial charge in [-0.1, -0.05) is 0 Å². The van der Waals surface area contributed by atoms with E-state index in [1.807, 2.05) is 32.9 Å². The fourth-order valence-electron chi connectivity index (χ4n) is 2.94. The molecule has 1 aliphatic rings. The molecule has 8 heteroatoms. The van der Waals surface area contributed by atoms with E-state index in [-0.39, 0.29) is 12.1 Å². The number of carbonyl (C=O) groups is 1. The number of methoxy groups -OCH3 is 1. The zero-order valence-corrected chi connectivity index (χ0v) is 17.5. The van der Waals surface area contributed by atoms with Gasteiger partial charge in [0.2, 0.25) is 0 Å². The second-order valence-electron chi connectivity index (χ2n) is 7.89. The van der Waals surface area contributed by atoms with Crippen molar-refractivity contribution < 1.29 is 18.7 Å². The molecule has 28 heavy (non-hydrogen) atoms. The van der Waals surface area contributed by atoms with Gasteiger partial charge in [-0.25, -0.2) is 4.79 Å². The van der Waals surface area contributed by atoms with Crippen LogP contribution in [0.15, 0.2) is 27.8 Å². The quantitative estimate of drug-likeness (QED) is 0.419. The minimum atomic E-state index is -0.488. The fraction of sp³-hybridized carbons (Fsp3) is 0.700. The second kappa shape index (κ2) is 10.9. The van der Waals surface area contributed by atoms with Gasteiger partial charge in [-0.05, 0) is 45.7 Å². The van der Waals surface area contributed by atoms with Crippen LogP contribution in [0, 0.1) is 0 Å². The number of nitrogens with one attached hydrogen (secondary N) is 2. The van der Waals surface area contributed by atoms with E-state index in [9.17, 15) is 4.79 Å². The van der Waals surface area contributed by atoms with Gasteiger partial charge in [0.15, 0.2) is 5.96 Å². The lowest BCUT2D eigenvalue weighted by Gasteiger charge is -2.35. The number of guanidine groups is 1. The maximum Gasteiger partial charge on any atom is 0.410 e. The van der Waals surface area contributed by atoms with Crippen molar-refractivity contribution in [1.82, 2.24) is 15.5 Å². The lowest BCUT2D eigenvalue weighted by atomic mass is 10.1. The van der Waals surface area contributed by atoms with Gasteiger partial charge in [-0.15, -0.1) is 0 Å². The number of likely N-dealkylation sites (tertiary alicyclic amines) is 1. The van der Waals surface area contributed by atoms with Crippen LogP contribution in [-0.2, 0) is 15.9 Å². The topological polar surface area (TPSA) is 88.3 Å². The molecule has 1 aromatic heterocycles. The summed E-state index contributed by atoms with van der Waals surface area (Å²) in [7, 11) is 1.66. The van der Waals surface area contributed by atoms with Crippen molar-refractivity contribution in [3.8, 4) is 0 Å². The molecule has 0 radical (unpaired) electrons. The largest absolute Gasteiger partial charge is 0.469 e. The summed E-state index contributed by atoms with van der Waals surface area (Å²) < 4.78 is 16.0. The average Bonchev–Trinajstić information content (AvgIpc) is 3.14. The molecular weight excluding hydrogens is 360 g/mol. The SMILES string of the molecule is COCCN=C(NCCc1ccco1)NC1CCCN(C(=O)OC(C)(C)C)C1. The Labute approximate surface area is 167 Å². The molecule has 1 saturated heterocycles. The number of hydrogen-bond donors (Lipinski definition) is 2. The minimum absolute atomic E-state index is 0.124. The Bertz CT molecular complexity index is 610. The highest BCUT2D eigenvalue weighted by Gasteiger charge is 2.28. The normalized spacial score (nSPS) is 18.1. The van der Waals surface area contributed by atoms with Crippen molar-refractivity contribution in [2.24, 2.45) is 4.99 Å². The predicted molar refractivity (Wildman–Crippen MR) is 109 cm³/mol. The number of aliphatic imine (C=N–C) groups is 1. The molecule has 1 amide bonds. The third-order valence-corrected chi connectivity index (χ3v) is 4.22. The molecule has 2 rings (SSSR count). The van der Waals surface area contributed by atoms with Crippen molar-refractivity contribution in [2.75, 3.05) is 39.9 Å². The van der Waals surface area contributed by atoms with Crippen molar-refractivity contribution in [1.29, 1.82) is 0 Å². The molecule has 0 aliphatic carbocycles. The van der Waals surface area contributed by atoms with Crippen LogP contribution >= 0.6 is 0 Å². The molecule has 1 aromatic rings. The molecule has 0 aromatic carbocycles. The maximum atomic E-state index is 12.4. The molecule has 0 spiro atoms. The van der Waals surface area contributed by atoms with E-state index in [2.05, 4.69) is 15.6 Å². The Morgan fingerprint density at radius 3 is 2.93 bits per heavy atom. The molecule has 0 saturated carbocycles. The third kappa shape index (κ3) is 8.21. The second-order valence-corrected chi connectivity index (χ2v) is 7.89. The number of hydrogen-bond acceptors (Lipinski definition) is 5. The van der Waals surface area contributed by atoms with Crippen molar-refractivity contribution in [3.05, 3.63) is 24.2 Å². The molecule has 1 unspecified atom stereocenters. The van der Waals surface area contributed by atoms with Crippen LogP contribution in [0.3, 0.4) is 0 Å². The summed E-state index contributed by atoms with van der Waals surface area (Å²) in [6.07, 6.45) is 4.08. The third-order valence-electron chi connectivity index (χ3n) is 4.22. The zero-order valence-electron chi connectivity index (χ0n) is 17.5. The van der Waals surface area contributed by atoms with Crippen LogP contribution in [0.4, 0.5) is 4.79 Å². The Hall–Kier alpha value is -2.22. The molecule has 1 fully saturated rings. The highest BCUT2D eigenvalue weighted by molar-refractivity contribution is 5.80. The van der Waals surface area contributed by atoms with Crippen LogP contribution in [0.5, 0.6) is 0 Å². The highest BCUT2D eigenvalue weighted by atomic mass is 16.6.